The lowest BCUT2D eigenvalue weighted by molar-refractivity contribution is 0.0983. The first-order chi connectivity index (χ1) is 7.09. The molecule has 2 rings (SSSR count). The summed E-state index contributed by atoms with van der Waals surface area (Å²) in [7, 11) is 0. The lowest BCUT2D eigenvalue weighted by Gasteiger charge is -2.22. The first-order valence-corrected chi connectivity index (χ1v) is 5.58. The molecule has 0 amide bonds. The monoisotopic (exact) mass is 223 g/mol. The van der Waals surface area contributed by atoms with E-state index in [2.05, 4.69) is 19.2 Å². The summed E-state index contributed by atoms with van der Waals surface area (Å²) >= 11 is 6.01. The molecule has 1 aromatic carbocycles. The van der Waals surface area contributed by atoms with E-state index in [4.69, 9.17) is 11.6 Å². The highest BCUT2D eigenvalue weighted by Gasteiger charge is 2.21. The fourth-order valence-electron chi connectivity index (χ4n) is 1.94. The van der Waals surface area contributed by atoms with E-state index in [9.17, 15) is 4.79 Å². The van der Waals surface area contributed by atoms with Gasteiger partial charge in [0.1, 0.15) is 0 Å². The van der Waals surface area contributed by atoms with Crippen LogP contribution in [0.2, 0.25) is 5.02 Å². The Morgan fingerprint density at radius 2 is 2.13 bits per heavy atom. The number of hydrogen-bond acceptors (Lipinski definition) is 2. The Balaban J connectivity index is 2.62. The average molecular weight is 224 g/mol. The van der Waals surface area contributed by atoms with Gasteiger partial charge in [0.15, 0.2) is 5.78 Å². The van der Waals surface area contributed by atoms with Crippen molar-refractivity contribution in [3.8, 4) is 0 Å². The van der Waals surface area contributed by atoms with Crippen LogP contribution in [0.4, 0.5) is 5.69 Å². The molecule has 0 aromatic heterocycles. The van der Waals surface area contributed by atoms with Crippen molar-refractivity contribution in [3.05, 3.63) is 28.3 Å². The highest BCUT2D eigenvalue weighted by atomic mass is 35.5. The van der Waals surface area contributed by atoms with Crippen LogP contribution in [0.1, 0.15) is 42.1 Å². The van der Waals surface area contributed by atoms with Crippen LogP contribution in [0.25, 0.3) is 0 Å². The van der Waals surface area contributed by atoms with Gasteiger partial charge in [-0.25, -0.2) is 0 Å². The van der Waals surface area contributed by atoms with E-state index in [1.54, 1.807) is 6.07 Å². The summed E-state index contributed by atoms with van der Waals surface area (Å²) in [6.45, 7) is 4.94. The molecule has 1 N–H and O–H groups in total. The highest BCUT2D eigenvalue weighted by molar-refractivity contribution is 6.31. The summed E-state index contributed by atoms with van der Waals surface area (Å²) < 4.78 is 0. The number of rotatable bonds is 1. The predicted octanol–water partition coefficient (Wildman–Crippen LogP) is 3.46. The minimum Gasteiger partial charge on any atom is -0.384 e. The molecule has 1 aliphatic heterocycles. The number of halogens is 1. The number of Topliss-reactive ketones (excluding diaryl/α,β-unsaturated/α-hetero) is 1. The van der Waals surface area contributed by atoms with Gasteiger partial charge in [-0.3, -0.25) is 4.79 Å². The Morgan fingerprint density at radius 3 is 2.80 bits per heavy atom. The molecule has 80 valence electrons. The normalized spacial score (nSPS) is 15.1. The molecule has 0 saturated heterocycles. The fraction of sp³-hybridized carbons (Fsp3) is 0.417. The van der Waals surface area contributed by atoms with E-state index < -0.39 is 0 Å². The summed E-state index contributed by atoms with van der Waals surface area (Å²) in [6, 6.07) is 3.70. The van der Waals surface area contributed by atoms with Crippen LogP contribution < -0.4 is 5.32 Å². The second kappa shape index (κ2) is 3.86. The molecule has 1 aromatic rings. The lowest BCUT2D eigenvalue weighted by atomic mass is 9.93. The standard InChI is InChI=1S/C12H14ClNO/c1-7(2)9-5-8(13)6-10-11(15)3-4-14-12(9)10/h5-7,14H,3-4H2,1-2H3. The smallest absolute Gasteiger partial charge is 0.166 e. The van der Waals surface area contributed by atoms with Gasteiger partial charge in [0.2, 0.25) is 0 Å². The minimum atomic E-state index is 0.188. The largest absolute Gasteiger partial charge is 0.384 e. The van der Waals surface area contributed by atoms with Crippen LogP contribution in [-0.4, -0.2) is 12.3 Å². The molecular weight excluding hydrogens is 210 g/mol. The zero-order chi connectivity index (χ0) is 11.0. The molecule has 0 spiro atoms. The van der Waals surface area contributed by atoms with Crippen molar-refractivity contribution in [2.24, 2.45) is 0 Å². The second-order valence-electron chi connectivity index (χ2n) is 4.17. The molecule has 1 aliphatic rings. The van der Waals surface area contributed by atoms with Gasteiger partial charge < -0.3 is 5.32 Å². The maximum absolute atomic E-state index is 11.7. The van der Waals surface area contributed by atoms with Gasteiger partial charge in [0.25, 0.3) is 0 Å². The Hall–Kier alpha value is -1.02. The van der Waals surface area contributed by atoms with Gasteiger partial charge in [0, 0.05) is 29.2 Å². The lowest BCUT2D eigenvalue weighted by Crippen LogP contribution is -2.19. The van der Waals surface area contributed by atoms with Crippen molar-refractivity contribution in [3.63, 3.8) is 0 Å². The molecule has 0 aliphatic carbocycles. The van der Waals surface area contributed by atoms with Crippen LogP contribution in [0, 0.1) is 0 Å². The van der Waals surface area contributed by atoms with Crippen molar-refractivity contribution in [2.45, 2.75) is 26.2 Å². The van der Waals surface area contributed by atoms with Gasteiger partial charge in [-0.1, -0.05) is 25.4 Å². The van der Waals surface area contributed by atoms with E-state index in [0.29, 0.717) is 17.4 Å². The first kappa shape index (κ1) is 10.5. The van der Waals surface area contributed by atoms with Crippen molar-refractivity contribution in [1.29, 1.82) is 0 Å². The van der Waals surface area contributed by atoms with Gasteiger partial charge in [-0.2, -0.15) is 0 Å². The number of nitrogens with one attached hydrogen (secondary N) is 1. The van der Waals surface area contributed by atoms with Gasteiger partial charge in [0.05, 0.1) is 0 Å². The molecule has 0 radical (unpaired) electrons. The van der Waals surface area contributed by atoms with Crippen molar-refractivity contribution < 1.29 is 4.79 Å². The number of carbonyl (C=O) groups excluding carboxylic acids is 1. The van der Waals surface area contributed by atoms with Gasteiger partial charge in [-0.15, -0.1) is 0 Å². The summed E-state index contributed by atoms with van der Waals surface area (Å²) in [4.78, 5) is 11.7. The van der Waals surface area contributed by atoms with E-state index in [1.807, 2.05) is 6.07 Å². The molecule has 0 atom stereocenters. The minimum absolute atomic E-state index is 0.188. The predicted molar refractivity (Wildman–Crippen MR) is 63.0 cm³/mol. The van der Waals surface area contributed by atoms with Gasteiger partial charge >= 0.3 is 0 Å². The third kappa shape index (κ3) is 1.86. The maximum Gasteiger partial charge on any atom is 0.166 e. The van der Waals surface area contributed by atoms with Gasteiger partial charge in [-0.05, 0) is 23.6 Å². The van der Waals surface area contributed by atoms with Crippen LogP contribution >= 0.6 is 11.6 Å². The quantitative estimate of drug-likeness (QED) is 0.790. The summed E-state index contributed by atoms with van der Waals surface area (Å²) in [5.41, 5.74) is 2.86. The van der Waals surface area contributed by atoms with Crippen LogP contribution in [0.3, 0.4) is 0 Å². The van der Waals surface area contributed by atoms with Crippen LogP contribution in [0.5, 0.6) is 0 Å². The fourth-order valence-corrected chi connectivity index (χ4v) is 2.16. The number of fused-ring (bicyclic) bond motifs is 1. The molecule has 0 bridgehead atoms. The number of ketones is 1. The van der Waals surface area contributed by atoms with Crippen molar-refractivity contribution in [1.82, 2.24) is 0 Å². The van der Waals surface area contributed by atoms with E-state index in [-0.39, 0.29) is 5.78 Å². The Labute approximate surface area is 94.6 Å². The third-order valence-corrected chi connectivity index (χ3v) is 2.93. The summed E-state index contributed by atoms with van der Waals surface area (Å²) in [6.07, 6.45) is 0.560. The summed E-state index contributed by atoms with van der Waals surface area (Å²) in [5.74, 6) is 0.559. The molecule has 3 heteroatoms. The molecule has 1 heterocycles. The van der Waals surface area contributed by atoms with E-state index >= 15 is 0 Å². The Kier molecular flexibility index (Phi) is 2.70. The SMILES string of the molecule is CC(C)c1cc(Cl)cc2c1NCCC2=O. The van der Waals surface area contributed by atoms with E-state index in [0.717, 1.165) is 23.4 Å². The zero-order valence-electron chi connectivity index (χ0n) is 8.93. The molecule has 15 heavy (non-hydrogen) atoms. The number of hydrogen-bond donors (Lipinski definition) is 1. The second-order valence-corrected chi connectivity index (χ2v) is 4.61. The molecule has 2 nitrogen and oxygen atoms in total. The maximum atomic E-state index is 11.7. The van der Waals surface area contributed by atoms with Crippen molar-refractivity contribution in [2.75, 3.05) is 11.9 Å². The third-order valence-electron chi connectivity index (χ3n) is 2.71. The molecule has 0 fully saturated rings. The number of benzene rings is 1. The molecular formula is C12H14ClNO. The molecule has 0 unspecified atom stereocenters. The number of anilines is 1. The molecule has 0 saturated carbocycles. The Morgan fingerprint density at radius 1 is 1.40 bits per heavy atom. The van der Waals surface area contributed by atoms with Crippen LogP contribution in [-0.2, 0) is 0 Å². The average Bonchev–Trinajstić information content (AvgIpc) is 2.18. The highest BCUT2D eigenvalue weighted by Crippen LogP contribution is 2.33. The van der Waals surface area contributed by atoms with E-state index in [1.165, 1.54) is 0 Å². The summed E-state index contributed by atoms with van der Waals surface area (Å²) in [5, 5.41) is 3.94. The zero-order valence-corrected chi connectivity index (χ0v) is 9.69. The van der Waals surface area contributed by atoms with Crippen molar-refractivity contribution >= 4 is 23.1 Å². The topological polar surface area (TPSA) is 29.1 Å². The number of carbonyl (C=O) groups is 1. The Bertz CT molecular complexity index is 412. The van der Waals surface area contributed by atoms with Crippen LogP contribution in [0.15, 0.2) is 12.1 Å². The first-order valence-electron chi connectivity index (χ1n) is 5.20.